The summed E-state index contributed by atoms with van der Waals surface area (Å²) >= 11 is 1.50. The third-order valence-corrected chi connectivity index (χ3v) is 7.72. The molecule has 29 heavy (non-hydrogen) atoms. The zero-order valence-corrected chi connectivity index (χ0v) is 17.5. The molecule has 2 heterocycles. The molecule has 0 radical (unpaired) electrons. The first-order valence-electron chi connectivity index (χ1n) is 9.67. The molecule has 0 spiro atoms. The predicted molar refractivity (Wildman–Crippen MR) is 112 cm³/mol. The second-order valence-electron chi connectivity index (χ2n) is 7.10. The average molecular weight is 431 g/mol. The predicted octanol–water partition coefficient (Wildman–Crippen LogP) is 4.62. The normalized spacial score (nSPS) is 14.6. The molecule has 3 aromatic rings. The van der Waals surface area contributed by atoms with Crippen LogP contribution in [0.5, 0.6) is 0 Å². The maximum Gasteiger partial charge on any atom is 0.293 e. The summed E-state index contributed by atoms with van der Waals surface area (Å²) in [6.45, 7) is 0. The van der Waals surface area contributed by atoms with Crippen LogP contribution < -0.4 is 5.32 Å². The molecule has 0 saturated carbocycles. The van der Waals surface area contributed by atoms with Crippen molar-refractivity contribution < 1.29 is 17.6 Å². The van der Waals surface area contributed by atoms with E-state index in [2.05, 4.69) is 10.3 Å². The summed E-state index contributed by atoms with van der Waals surface area (Å²) in [5, 5.41) is 3.33. The Morgan fingerprint density at radius 2 is 1.83 bits per heavy atom. The van der Waals surface area contributed by atoms with Crippen LogP contribution in [-0.2, 0) is 28.4 Å². The third kappa shape index (κ3) is 4.59. The number of hydrogen-bond donors (Lipinski definition) is 1. The number of nitrogens with one attached hydrogen (secondary N) is 1. The van der Waals surface area contributed by atoms with Gasteiger partial charge in [-0.05, 0) is 43.9 Å². The van der Waals surface area contributed by atoms with E-state index in [1.165, 1.54) is 41.4 Å². The number of thiazole rings is 1. The number of anilines is 1. The molecular formula is C21H22N2O4S2. The van der Waals surface area contributed by atoms with Crippen LogP contribution in [0.25, 0.3) is 0 Å². The van der Waals surface area contributed by atoms with Crippen LogP contribution in [0.15, 0.2) is 52.0 Å². The van der Waals surface area contributed by atoms with Gasteiger partial charge in [0.1, 0.15) is 0 Å². The largest absolute Gasteiger partial charge is 0.459 e. The lowest BCUT2D eigenvalue weighted by atomic mass is 10.0. The van der Waals surface area contributed by atoms with Gasteiger partial charge in [-0.15, -0.1) is 11.3 Å². The van der Waals surface area contributed by atoms with E-state index in [1.807, 2.05) is 0 Å². The second-order valence-corrected chi connectivity index (χ2v) is 10.2. The van der Waals surface area contributed by atoms with Gasteiger partial charge in [0, 0.05) is 10.4 Å². The van der Waals surface area contributed by atoms with Crippen LogP contribution >= 0.6 is 11.3 Å². The van der Waals surface area contributed by atoms with Crippen molar-refractivity contribution in [3.8, 4) is 0 Å². The summed E-state index contributed by atoms with van der Waals surface area (Å²) in [5.74, 6) is -0.771. The number of furan rings is 1. The van der Waals surface area contributed by atoms with Gasteiger partial charge >= 0.3 is 0 Å². The molecular weight excluding hydrogens is 408 g/mol. The molecule has 8 heteroatoms. The van der Waals surface area contributed by atoms with Crippen LogP contribution in [0.2, 0.25) is 0 Å². The van der Waals surface area contributed by atoms with Crippen molar-refractivity contribution in [1.29, 1.82) is 0 Å². The van der Waals surface area contributed by atoms with Gasteiger partial charge in [-0.25, -0.2) is 13.4 Å². The molecule has 0 unspecified atom stereocenters. The molecule has 0 bridgehead atoms. The lowest BCUT2D eigenvalue weighted by Crippen LogP contribution is -2.14. The van der Waals surface area contributed by atoms with E-state index >= 15 is 0 Å². The highest BCUT2D eigenvalue weighted by Crippen LogP contribution is 2.29. The summed E-state index contributed by atoms with van der Waals surface area (Å²) in [7, 11) is -3.58. The molecule has 1 amide bonds. The van der Waals surface area contributed by atoms with Crippen LogP contribution in [-0.4, -0.2) is 19.3 Å². The van der Waals surface area contributed by atoms with Crippen molar-refractivity contribution in [2.45, 2.75) is 49.2 Å². The minimum absolute atomic E-state index is 0.00659. The first-order chi connectivity index (χ1) is 14.0. The summed E-state index contributed by atoms with van der Waals surface area (Å²) in [6.07, 6.45) is 7.96. The number of sulfone groups is 1. The molecule has 152 valence electrons. The fourth-order valence-electron chi connectivity index (χ4n) is 3.48. The Hall–Kier alpha value is -2.45. The van der Waals surface area contributed by atoms with E-state index in [0.29, 0.717) is 10.7 Å². The number of aryl methyl sites for hydroxylation is 2. The van der Waals surface area contributed by atoms with Crippen molar-refractivity contribution in [2.24, 2.45) is 0 Å². The van der Waals surface area contributed by atoms with Crippen LogP contribution in [0, 0.1) is 0 Å². The molecule has 2 aromatic heterocycles. The maximum absolute atomic E-state index is 12.7. The highest BCUT2D eigenvalue weighted by atomic mass is 32.2. The van der Waals surface area contributed by atoms with E-state index < -0.39 is 15.7 Å². The highest BCUT2D eigenvalue weighted by Gasteiger charge is 2.23. The summed E-state index contributed by atoms with van der Waals surface area (Å²) in [6, 6.07) is 9.71. The van der Waals surface area contributed by atoms with Gasteiger partial charge < -0.3 is 4.42 Å². The van der Waals surface area contributed by atoms with E-state index in [1.54, 1.807) is 30.3 Å². The van der Waals surface area contributed by atoms with E-state index in [9.17, 15) is 13.2 Å². The van der Waals surface area contributed by atoms with Crippen molar-refractivity contribution in [3.63, 3.8) is 0 Å². The van der Waals surface area contributed by atoms with Gasteiger partial charge in [-0.3, -0.25) is 10.1 Å². The molecule has 1 aliphatic carbocycles. The lowest BCUT2D eigenvalue weighted by Gasteiger charge is -2.06. The number of rotatable bonds is 5. The molecule has 0 saturated heterocycles. The zero-order chi connectivity index (χ0) is 20.3. The number of carbonyl (C=O) groups is 1. The monoisotopic (exact) mass is 430 g/mol. The van der Waals surface area contributed by atoms with Crippen LogP contribution in [0.3, 0.4) is 0 Å². The minimum Gasteiger partial charge on any atom is -0.459 e. The fourth-order valence-corrected chi connectivity index (χ4v) is 5.90. The topological polar surface area (TPSA) is 89.3 Å². The van der Waals surface area contributed by atoms with Crippen molar-refractivity contribution in [2.75, 3.05) is 5.32 Å². The zero-order valence-electron chi connectivity index (χ0n) is 15.9. The second kappa shape index (κ2) is 8.51. The van der Waals surface area contributed by atoms with Crippen molar-refractivity contribution in [3.05, 3.63) is 64.6 Å². The first-order valence-corrected chi connectivity index (χ1v) is 12.1. The Balaban J connectivity index is 1.51. The Morgan fingerprint density at radius 1 is 1.07 bits per heavy atom. The molecule has 0 aliphatic heterocycles. The summed E-state index contributed by atoms with van der Waals surface area (Å²) in [4.78, 5) is 18.8. The number of aromatic nitrogens is 1. The fraction of sp³-hybridized carbons (Fsp3) is 0.333. The molecule has 1 N–H and O–H groups in total. The van der Waals surface area contributed by atoms with Crippen LogP contribution in [0.4, 0.5) is 5.13 Å². The average Bonchev–Trinajstić information content (AvgIpc) is 3.29. The summed E-state index contributed by atoms with van der Waals surface area (Å²) in [5.41, 5.74) is 1.40. The van der Waals surface area contributed by atoms with Gasteiger partial charge in [0.05, 0.1) is 22.6 Å². The number of benzene rings is 1. The number of fused-ring (bicyclic) bond motifs is 1. The van der Waals surface area contributed by atoms with Gasteiger partial charge in [0.15, 0.2) is 20.7 Å². The molecule has 1 aromatic carbocycles. The molecule has 0 atom stereocenters. The molecule has 4 rings (SSSR count). The Morgan fingerprint density at radius 3 is 2.62 bits per heavy atom. The van der Waals surface area contributed by atoms with E-state index in [-0.39, 0.29) is 16.4 Å². The standard InChI is InChI=1S/C21H22N2O4S2/c24-20(23-21-22-17-10-6-1-2-7-11-18(17)28-21)19-15(12-13-27-19)14-29(25,26)16-8-4-3-5-9-16/h3-5,8-9,12-13H,1-2,6-7,10-11,14H2,(H,22,23,24). The van der Waals surface area contributed by atoms with Gasteiger partial charge in [-0.2, -0.15) is 0 Å². The maximum atomic E-state index is 12.7. The minimum atomic E-state index is -3.58. The smallest absolute Gasteiger partial charge is 0.293 e. The first kappa shape index (κ1) is 19.8. The third-order valence-electron chi connectivity index (χ3n) is 4.97. The molecule has 1 aliphatic rings. The highest BCUT2D eigenvalue weighted by molar-refractivity contribution is 7.90. The van der Waals surface area contributed by atoms with Crippen molar-refractivity contribution >= 4 is 32.2 Å². The molecule has 6 nitrogen and oxygen atoms in total. The SMILES string of the molecule is O=C(Nc1nc2c(s1)CCCCCC2)c1occc1CS(=O)(=O)c1ccccc1. The molecule has 0 fully saturated rings. The number of nitrogens with zero attached hydrogens (tertiary/aromatic N) is 1. The van der Waals surface area contributed by atoms with Gasteiger partial charge in [-0.1, -0.05) is 31.0 Å². The quantitative estimate of drug-likeness (QED) is 0.638. The van der Waals surface area contributed by atoms with Crippen molar-refractivity contribution in [1.82, 2.24) is 4.98 Å². The Kier molecular flexibility index (Phi) is 5.82. The van der Waals surface area contributed by atoms with E-state index in [0.717, 1.165) is 31.4 Å². The number of hydrogen-bond acceptors (Lipinski definition) is 6. The van der Waals surface area contributed by atoms with E-state index in [4.69, 9.17) is 4.42 Å². The number of amides is 1. The number of carbonyl (C=O) groups excluding carboxylic acids is 1. The van der Waals surface area contributed by atoms with Gasteiger partial charge in [0.25, 0.3) is 5.91 Å². The Bertz CT molecular complexity index is 1080. The van der Waals surface area contributed by atoms with Gasteiger partial charge in [0.2, 0.25) is 0 Å². The van der Waals surface area contributed by atoms with Crippen LogP contribution in [0.1, 0.15) is 52.4 Å². The summed E-state index contributed by atoms with van der Waals surface area (Å²) < 4.78 is 30.6. The Labute approximate surface area is 173 Å². The lowest BCUT2D eigenvalue weighted by molar-refractivity contribution is 0.0995.